The molecule has 0 spiro atoms. The molecular formula is C28H25N3O2. The zero-order chi connectivity index (χ0) is 23.0. The number of H-pyrrole nitrogens is 1. The first kappa shape index (κ1) is 21.9. The monoisotopic (exact) mass is 435 g/mol. The first-order valence-electron chi connectivity index (χ1n) is 10.9. The van der Waals surface area contributed by atoms with Crippen molar-refractivity contribution in [3.8, 4) is 11.8 Å². The van der Waals surface area contributed by atoms with Crippen molar-refractivity contribution in [2.24, 2.45) is 0 Å². The molecule has 0 saturated heterocycles. The number of nitriles is 1. The minimum absolute atomic E-state index is 0.0716. The molecule has 33 heavy (non-hydrogen) atoms. The zero-order valence-electron chi connectivity index (χ0n) is 18.5. The minimum Gasteiger partial charge on any atom is -0.489 e. The molecule has 4 rings (SSSR count). The lowest BCUT2D eigenvalue weighted by atomic mass is 10.1. The lowest BCUT2D eigenvalue weighted by Crippen LogP contribution is -2.26. The number of ether oxygens (including phenoxy) is 1. The number of nitrogens with zero attached hydrogens (tertiary/aromatic N) is 1. The Kier molecular flexibility index (Phi) is 6.87. The Bertz CT molecular complexity index is 1330. The fraction of sp³-hybridized carbons (Fsp3) is 0.143. The third-order valence-corrected chi connectivity index (χ3v) is 5.40. The van der Waals surface area contributed by atoms with Crippen molar-refractivity contribution in [3.05, 3.63) is 107 Å². The van der Waals surface area contributed by atoms with Crippen LogP contribution in [-0.4, -0.2) is 17.4 Å². The number of hydrogen-bond donors (Lipinski definition) is 2. The summed E-state index contributed by atoms with van der Waals surface area (Å²) in [6.45, 7) is 2.99. The second-order valence-electron chi connectivity index (χ2n) is 7.88. The van der Waals surface area contributed by atoms with Crippen LogP contribution in [0, 0.1) is 18.3 Å². The number of para-hydroxylation sites is 1. The second kappa shape index (κ2) is 10.3. The van der Waals surface area contributed by atoms with E-state index >= 15 is 0 Å². The van der Waals surface area contributed by atoms with Gasteiger partial charge in [-0.25, -0.2) is 0 Å². The maximum atomic E-state index is 12.5. The average molecular weight is 436 g/mol. The van der Waals surface area contributed by atoms with E-state index in [4.69, 9.17) is 4.74 Å². The number of nitrogens with one attached hydrogen (secondary N) is 2. The van der Waals surface area contributed by atoms with Crippen LogP contribution in [0.4, 0.5) is 0 Å². The summed E-state index contributed by atoms with van der Waals surface area (Å²) < 4.78 is 5.83. The lowest BCUT2D eigenvalue weighted by Gasteiger charge is -2.07. The number of aryl methyl sites for hydroxylation is 1. The number of aromatic amines is 1. The van der Waals surface area contributed by atoms with Gasteiger partial charge in [0.05, 0.1) is 0 Å². The normalized spacial score (nSPS) is 11.2. The van der Waals surface area contributed by atoms with Crippen molar-refractivity contribution < 1.29 is 9.53 Å². The molecule has 0 bridgehead atoms. The van der Waals surface area contributed by atoms with Crippen LogP contribution in [0.15, 0.2) is 84.6 Å². The Labute approximate surface area is 193 Å². The zero-order valence-corrected chi connectivity index (χ0v) is 18.5. The highest BCUT2D eigenvalue weighted by molar-refractivity contribution is 6.01. The molecule has 5 nitrogen and oxygen atoms in total. The van der Waals surface area contributed by atoms with E-state index in [1.54, 1.807) is 6.08 Å². The van der Waals surface area contributed by atoms with Gasteiger partial charge in [0.25, 0.3) is 5.91 Å². The van der Waals surface area contributed by atoms with Gasteiger partial charge in [-0.3, -0.25) is 4.79 Å². The molecule has 1 heterocycles. The average Bonchev–Trinajstić information content (AvgIpc) is 3.25. The molecular weight excluding hydrogens is 410 g/mol. The van der Waals surface area contributed by atoms with Gasteiger partial charge in [-0.15, -0.1) is 0 Å². The van der Waals surface area contributed by atoms with Crippen molar-refractivity contribution in [2.45, 2.75) is 20.0 Å². The van der Waals surface area contributed by atoms with E-state index in [9.17, 15) is 10.1 Å². The van der Waals surface area contributed by atoms with Crippen molar-refractivity contribution in [1.29, 1.82) is 5.26 Å². The maximum absolute atomic E-state index is 12.5. The summed E-state index contributed by atoms with van der Waals surface area (Å²) in [5, 5.41) is 13.4. The van der Waals surface area contributed by atoms with Crippen LogP contribution in [-0.2, 0) is 17.8 Å². The Morgan fingerprint density at radius 2 is 1.91 bits per heavy atom. The molecule has 0 aliphatic rings. The predicted octanol–water partition coefficient (Wildman–Crippen LogP) is 5.32. The number of carbonyl (C=O) groups is 1. The topological polar surface area (TPSA) is 77.9 Å². The van der Waals surface area contributed by atoms with Gasteiger partial charge in [-0.2, -0.15) is 5.26 Å². The van der Waals surface area contributed by atoms with Crippen LogP contribution in [0.3, 0.4) is 0 Å². The molecule has 0 saturated carbocycles. The quantitative estimate of drug-likeness (QED) is 0.290. The van der Waals surface area contributed by atoms with E-state index in [2.05, 4.69) is 35.4 Å². The van der Waals surface area contributed by atoms with Crippen LogP contribution in [0.5, 0.6) is 5.75 Å². The van der Waals surface area contributed by atoms with Crippen LogP contribution in [0.1, 0.15) is 22.3 Å². The Morgan fingerprint density at radius 1 is 1.09 bits per heavy atom. The van der Waals surface area contributed by atoms with E-state index in [1.807, 2.05) is 66.9 Å². The first-order chi connectivity index (χ1) is 16.1. The van der Waals surface area contributed by atoms with Crippen molar-refractivity contribution >= 4 is 22.9 Å². The van der Waals surface area contributed by atoms with Gasteiger partial charge in [-0.05, 0) is 54.3 Å². The van der Waals surface area contributed by atoms with Crippen molar-refractivity contribution in [3.63, 3.8) is 0 Å². The Morgan fingerprint density at radius 3 is 2.70 bits per heavy atom. The maximum Gasteiger partial charge on any atom is 0.261 e. The van der Waals surface area contributed by atoms with Crippen LogP contribution < -0.4 is 10.1 Å². The molecule has 0 fully saturated rings. The van der Waals surface area contributed by atoms with Gasteiger partial charge >= 0.3 is 0 Å². The summed E-state index contributed by atoms with van der Waals surface area (Å²) in [5.74, 6) is 0.354. The van der Waals surface area contributed by atoms with Crippen LogP contribution in [0.2, 0.25) is 0 Å². The Hall–Kier alpha value is -4.30. The third-order valence-electron chi connectivity index (χ3n) is 5.40. The first-order valence-corrected chi connectivity index (χ1v) is 10.9. The highest BCUT2D eigenvalue weighted by Gasteiger charge is 2.10. The number of benzene rings is 3. The smallest absolute Gasteiger partial charge is 0.261 e. The molecule has 1 amide bonds. The molecule has 0 aliphatic heterocycles. The number of amides is 1. The van der Waals surface area contributed by atoms with E-state index in [1.165, 1.54) is 5.56 Å². The molecule has 2 N–H and O–H groups in total. The number of hydrogen-bond acceptors (Lipinski definition) is 3. The van der Waals surface area contributed by atoms with Gasteiger partial charge in [-0.1, -0.05) is 60.2 Å². The standard InChI is InChI=1S/C28H25N3O2/c1-20-5-4-6-22(15-20)19-33-25-11-9-21(10-12-25)16-24(17-29)28(32)30-14-13-23-18-31-27-8-3-2-7-26(23)27/h2-12,15-16,18,31H,13-14,19H2,1H3,(H,30,32)/b24-16-. The van der Waals surface area contributed by atoms with Crippen molar-refractivity contribution in [2.75, 3.05) is 6.54 Å². The van der Waals surface area contributed by atoms with Gasteiger partial charge in [0.1, 0.15) is 24.0 Å². The fourth-order valence-electron chi connectivity index (χ4n) is 3.69. The largest absolute Gasteiger partial charge is 0.489 e. The summed E-state index contributed by atoms with van der Waals surface area (Å²) in [4.78, 5) is 15.7. The highest BCUT2D eigenvalue weighted by atomic mass is 16.5. The highest BCUT2D eigenvalue weighted by Crippen LogP contribution is 2.18. The van der Waals surface area contributed by atoms with Crippen LogP contribution >= 0.6 is 0 Å². The molecule has 3 aromatic carbocycles. The summed E-state index contributed by atoms with van der Waals surface area (Å²) in [5.41, 5.74) is 5.34. The molecule has 5 heteroatoms. The molecule has 0 atom stereocenters. The van der Waals surface area contributed by atoms with Gasteiger partial charge in [0.15, 0.2) is 0 Å². The molecule has 0 radical (unpaired) electrons. The lowest BCUT2D eigenvalue weighted by molar-refractivity contribution is -0.117. The SMILES string of the molecule is Cc1cccc(COc2ccc(/C=C(/C#N)C(=O)NCCc3c[nH]c4ccccc34)cc2)c1. The minimum atomic E-state index is -0.378. The van der Waals surface area contributed by atoms with E-state index in [0.29, 0.717) is 19.6 Å². The molecule has 164 valence electrons. The second-order valence-corrected chi connectivity index (χ2v) is 7.88. The van der Waals surface area contributed by atoms with E-state index in [-0.39, 0.29) is 11.5 Å². The summed E-state index contributed by atoms with van der Waals surface area (Å²) in [6.07, 6.45) is 4.23. The molecule has 0 unspecified atom stereocenters. The Balaban J connectivity index is 1.32. The van der Waals surface area contributed by atoms with Gasteiger partial charge < -0.3 is 15.0 Å². The predicted molar refractivity (Wildman–Crippen MR) is 131 cm³/mol. The van der Waals surface area contributed by atoms with Crippen LogP contribution in [0.25, 0.3) is 17.0 Å². The fourth-order valence-corrected chi connectivity index (χ4v) is 3.69. The van der Waals surface area contributed by atoms with Crippen molar-refractivity contribution in [1.82, 2.24) is 10.3 Å². The summed E-state index contributed by atoms with van der Waals surface area (Å²) in [6, 6.07) is 25.6. The van der Waals surface area contributed by atoms with Gasteiger partial charge in [0, 0.05) is 23.6 Å². The summed E-state index contributed by atoms with van der Waals surface area (Å²) in [7, 11) is 0. The third kappa shape index (κ3) is 5.69. The van der Waals surface area contributed by atoms with Gasteiger partial charge in [0.2, 0.25) is 0 Å². The number of rotatable bonds is 8. The number of fused-ring (bicyclic) bond motifs is 1. The number of aromatic nitrogens is 1. The van der Waals surface area contributed by atoms with E-state index < -0.39 is 0 Å². The molecule has 4 aromatic rings. The summed E-state index contributed by atoms with van der Waals surface area (Å²) >= 11 is 0. The molecule has 0 aliphatic carbocycles. The number of carbonyl (C=O) groups excluding carboxylic acids is 1. The molecule has 1 aromatic heterocycles. The van der Waals surface area contributed by atoms with E-state index in [0.717, 1.165) is 33.3 Å².